The highest BCUT2D eigenvalue weighted by atomic mass is 16.5. The topological polar surface area (TPSA) is 49.8 Å². The van der Waals surface area contributed by atoms with Crippen molar-refractivity contribution in [3.8, 4) is 0 Å². The fourth-order valence-electron chi connectivity index (χ4n) is 1.65. The first-order valence-corrected chi connectivity index (χ1v) is 5.13. The van der Waals surface area contributed by atoms with Crippen LogP contribution in [0.4, 0.5) is 0 Å². The molecule has 0 aliphatic carbocycles. The van der Waals surface area contributed by atoms with Crippen LogP contribution in [0.2, 0.25) is 0 Å². The number of carboxylic acids is 1. The van der Waals surface area contributed by atoms with Gasteiger partial charge in [-0.2, -0.15) is 0 Å². The molecule has 0 aromatic heterocycles. The van der Waals surface area contributed by atoms with Gasteiger partial charge in [-0.05, 0) is 19.8 Å². The Kier molecular flexibility index (Phi) is 4.35. The molecule has 0 amide bonds. The van der Waals surface area contributed by atoms with E-state index in [2.05, 4.69) is 4.90 Å². The normalized spacial score (nSPS) is 18.5. The van der Waals surface area contributed by atoms with E-state index in [1.54, 1.807) is 0 Å². The average molecular weight is 201 g/mol. The van der Waals surface area contributed by atoms with E-state index >= 15 is 0 Å². The van der Waals surface area contributed by atoms with Crippen LogP contribution in [0, 0.1) is 5.92 Å². The second kappa shape index (κ2) is 5.32. The molecule has 0 saturated carbocycles. The average Bonchev–Trinajstić information content (AvgIpc) is 1.98. The van der Waals surface area contributed by atoms with Gasteiger partial charge >= 0.3 is 5.97 Å². The molecular weight excluding hydrogens is 182 g/mol. The first kappa shape index (κ1) is 11.5. The molecule has 1 aliphatic rings. The summed E-state index contributed by atoms with van der Waals surface area (Å²) in [4.78, 5) is 12.6. The molecule has 0 atom stereocenters. The van der Waals surface area contributed by atoms with E-state index in [1.165, 1.54) is 0 Å². The lowest BCUT2D eigenvalue weighted by molar-refractivity contribution is -0.139. The van der Waals surface area contributed by atoms with Crippen LogP contribution in [-0.4, -0.2) is 48.3 Å². The summed E-state index contributed by atoms with van der Waals surface area (Å²) < 4.78 is 5.41. The summed E-state index contributed by atoms with van der Waals surface area (Å²) in [6.07, 6.45) is 0.591. The van der Waals surface area contributed by atoms with Gasteiger partial charge in [-0.15, -0.1) is 0 Å². The molecule has 4 heteroatoms. The Labute approximate surface area is 84.8 Å². The number of rotatable bonds is 6. The quantitative estimate of drug-likeness (QED) is 0.691. The van der Waals surface area contributed by atoms with Crippen LogP contribution in [0.25, 0.3) is 0 Å². The minimum absolute atomic E-state index is 0.283. The van der Waals surface area contributed by atoms with Gasteiger partial charge in [-0.25, -0.2) is 0 Å². The zero-order chi connectivity index (χ0) is 10.6. The summed E-state index contributed by atoms with van der Waals surface area (Å²) in [5.41, 5.74) is 0. The summed E-state index contributed by atoms with van der Waals surface area (Å²) >= 11 is 0. The van der Waals surface area contributed by atoms with Crippen LogP contribution >= 0.6 is 0 Å². The first-order valence-electron chi connectivity index (χ1n) is 5.13. The summed E-state index contributed by atoms with van der Waals surface area (Å²) in [5, 5.41) is 8.54. The Morgan fingerprint density at radius 1 is 1.57 bits per heavy atom. The van der Waals surface area contributed by atoms with Crippen LogP contribution in [-0.2, 0) is 9.53 Å². The van der Waals surface area contributed by atoms with Crippen molar-refractivity contribution in [3.63, 3.8) is 0 Å². The Morgan fingerprint density at radius 2 is 2.21 bits per heavy atom. The molecule has 1 N–H and O–H groups in total. The van der Waals surface area contributed by atoms with Crippen molar-refractivity contribution in [1.82, 2.24) is 4.90 Å². The lowest BCUT2D eigenvalue weighted by Crippen LogP contribution is -2.48. The van der Waals surface area contributed by atoms with Gasteiger partial charge in [0.1, 0.15) is 0 Å². The molecule has 0 unspecified atom stereocenters. The van der Waals surface area contributed by atoms with Crippen molar-refractivity contribution in [2.24, 2.45) is 5.92 Å². The maximum Gasteiger partial charge on any atom is 0.303 e. The molecule has 1 aliphatic heterocycles. The third-order valence-corrected chi connectivity index (χ3v) is 2.35. The number of ether oxygens (including phenoxy) is 1. The minimum Gasteiger partial charge on any atom is -0.481 e. The van der Waals surface area contributed by atoms with Crippen molar-refractivity contribution in [3.05, 3.63) is 0 Å². The van der Waals surface area contributed by atoms with Gasteiger partial charge in [0, 0.05) is 19.6 Å². The number of hydrogen-bond donors (Lipinski definition) is 1. The smallest absolute Gasteiger partial charge is 0.303 e. The molecule has 0 spiro atoms. The van der Waals surface area contributed by atoms with E-state index < -0.39 is 5.97 Å². The fraction of sp³-hybridized carbons (Fsp3) is 0.900. The van der Waals surface area contributed by atoms with Crippen LogP contribution in [0.3, 0.4) is 0 Å². The lowest BCUT2D eigenvalue weighted by Gasteiger charge is -2.38. The zero-order valence-corrected chi connectivity index (χ0v) is 8.90. The molecule has 4 nitrogen and oxygen atoms in total. The number of likely N-dealkylation sites (tertiary alicyclic amines) is 1. The highest BCUT2D eigenvalue weighted by Gasteiger charge is 2.27. The van der Waals surface area contributed by atoms with Crippen molar-refractivity contribution < 1.29 is 14.6 Å². The summed E-state index contributed by atoms with van der Waals surface area (Å²) in [6.45, 7) is 7.53. The third-order valence-electron chi connectivity index (χ3n) is 2.35. The predicted molar refractivity (Wildman–Crippen MR) is 53.3 cm³/mol. The molecule has 0 aromatic carbocycles. The van der Waals surface area contributed by atoms with Gasteiger partial charge in [0.2, 0.25) is 0 Å². The summed E-state index contributed by atoms with van der Waals surface area (Å²) in [7, 11) is 0. The van der Waals surface area contributed by atoms with Crippen LogP contribution in [0.15, 0.2) is 0 Å². The largest absolute Gasteiger partial charge is 0.481 e. The van der Waals surface area contributed by atoms with Crippen LogP contribution in [0.1, 0.15) is 20.3 Å². The van der Waals surface area contributed by atoms with Crippen LogP contribution in [0.5, 0.6) is 0 Å². The molecule has 0 bridgehead atoms. The van der Waals surface area contributed by atoms with E-state index in [9.17, 15) is 4.79 Å². The van der Waals surface area contributed by atoms with E-state index in [0.29, 0.717) is 12.3 Å². The van der Waals surface area contributed by atoms with Gasteiger partial charge in [0.15, 0.2) is 0 Å². The second-order valence-electron chi connectivity index (χ2n) is 4.14. The van der Waals surface area contributed by atoms with Gasteiger partial charge < -0.3 is 14.7 Å². The van der Waals surface area contributed by atoms with Gasteiger partial charge in [-0.1, -0.05) is 0 Å². The number of carbonyl (C=O) groups is 1. The highest BCUT2D eigenvalue weighted by Crippen LogP contribution is 2.18. The monoisotopic (exact) mass is 201 g/mol. The van der Waals surface area contributed by atoms with E-state index in [1.807, 2.05) is 13.8 Å². The summed E-state index contributed by atoms with van der Waals surface area (Å²) in [6, 6.07) is 0. The fourth-order valence-corrected chi connectivity index (χ4v) is 1.65. The molecule has 14 heavy (non-hydrogen) atoms. The summed E-state index contributed by atoms with van der Waals surface area (Å²) in [5.74, 6) is -0.334. The molecular formula is C10H19NO3. The van der Waals surface area contributed by atoms with Crippen molar-refractivity contribution in [2.45, 2.75) is 26.4 Å². The SMILES string of the molecule is CC(C)OCCN1CC(CC(=O)O)C1. The number of nitrogens with zero attached hydrogens (tertiary/aromatic N) is 1. The maximum absolute atomic E-state index is 10.4. The van der Waals surface area contributed by atoms with Crippen molar-refractivity contribution in [2.75, 3.05) is 26.2 Å². The predicted octanol–water partition coefficient (Wildman–Crippen LogP) is 0.818. The molecule has 82 valence electrons. The maximum atomic E-state index is 10.4. The zero-order valence-electron chi connectivity index (χ0n) is 8.90. The molecule has 1 rings (SSSR count). The Balaban J connectivity index is 1.96. The van der Waals surface area contributed by atoms with Crippen molar-refractivity contribution in [1.29, 1.82) is 0 Å². The first-order chi connectivity index (χ1) is 6.58. The Hall–Kier alpha value is -0.610. The lowest BCUT2D eigenvalue weighted by atomic mass is 9.97. The highest BCUT2D eigenvalue weighted by molar-refractivity contribution is 5.67. The molecule has 1 saturated heterocycles. The number of carboxylic acid groups (broad SMARTS) is 1. The standard InChI is InChI=1S/C10H19NO3/c1-8(2)14-4-3-11-6-9(7-11)5-10(12)13/h8-9H,3-7H2,1-2H3,(H,12,13). The Bertz CT molecular complexity index is 188. The van der Waals surface area contributed by atoms with Gasteiger partial charge in [-0.3, -0.25) is 4.79 Å². The third kappa shape index (κ3) is 4.07. The van der Waals surface area contributed by atoms with Crippen molar-refractivity contribution >= 4 is 5.97 Å². The van der Waals surface area contributed by atoms with E-state index in [4.69, 9.17) is 9.84 Å². The molecule has 0 radical (unpaired) electrons. The van der Waals surface area contributed by atoms with Crippen LogP contribution < -0.4 is 0 Å². The molecule has 1 fully saturated rings. The molecule has 1 heterocycles. The Morgan fingerprint density at radius 3 is 2.71 bits per heavy atom. The second-order valence-corrected chi connectivity index (χ2v) is 4.14. The number of hydrogen-bond acceptors (Lipinski definition) is 3. The van der Waals surface area contributed by atoms with E-state index in [-0.39, 0.29) is 6.10 Å². The van der Waals surface area contributed by atoms with Gasteiger partial charge in [0.25, 0.3) is 0 Å². The van der Waals surface area contributed by atoms with Gasteiger partial charge in [0.05, 0.1) is 19.1 Å². The number of aliphatic carboxylic acids is 1. The minimum atomic E-state index is -0.687. The van der Waals surface area contributed by atoms with E-state index in [0.717, 1.165) is 26.2 Å². The molecule has 0 aromatic rings.